The predicted molar refractivity (Wildman–Crippen MR) is 60.4 cm³/mol. The first-order chi connectivity index (χ1) is 8.72. The number of rotatable bonds is 1. The van der Waals surface area contributed by atoms with Crippen LogP contribution >= 0.6 is 0 Å². The third kappa shape index (κ3) is 2.66. The topological polar surface area (TPSA) is 65.1 Å². The molecule has 3 fully saturated rings. The highest BCUT2D eigenvalue weighted by atomic mass is 16.7. The second-order valence-corrected chi connectivity index (χ2v) is 5.34. The zero-order valence-electron chi connectivity index (χ0n) is 10.3. The summed E-state index contributed by atoms with van der Waals surface area (Å²) in [5, 5.41) is 0. The summed E-state index contributed by atoms with van der Waals surface area (Å²) in [5.41, 5.74) is 0. The summed E-state index contributed by atoms with van der Waals surface area (Å²) in [7, 11) is 0. The van der Waals surface area contributed by atoms with Crippen LogP contribution in [0.4, 0.5) is 0 Å². The van der Waals surface area contributed by atoms with E-state index in [1.165, 1.54) is 0 Å². The van der Waals surface area contributed by atoms with E-state index in [1.807, 2.05) is 0 Å². The molecule has 0 aromatic rings. The molecule has 0 N–H and O–H groups in total. The van der Waals surface area contributed by atoms with Crippen molar-refractivity contribution in [3.63, 3.8) is 0 Å². The summed E-state index contributed by atoms with van der Waals surface area (Å²) in [6.45, 7) is 0. The van der Waals surface area contributed by atoms with Crippen molar-refractivity contribution < 1.29 is 23.8 Å². The van der Waals surface area contributed by atoms with Crippen LogP contribution in [-0.2, 0) is 23.8 Å². The van der Waals surface area contributed by atoms with Crippen LogP contribution in [0.2, 0.25) is 0 Å². The molecule has 2 saturated heterocycles. The first kappa shape index (κ1) is 12.0. The van der Waals surface area contributed by atoms with Gasteiger partial charge in [-0.25, -0.2) is 0 Å². The van der Waals surface area contributed by atoms with Crippen molar-refractivity contribution in [2.75, 3.05) is 0 Å². The number of ether oxygens (including phenoxy) is 3. The van der Waals surface area contributed by atoms with Gasteiger partial charge in [0.2, 0.25) is 6.29 Å². The van der Waals surface area contributed by atoms with Crippen LogP contribution in [0.1, 0.15) is 44.9 Å². The third-order valence-corrected chi connectivity index (χ3v) is 3.94. The molecule has 0 aromatic heterocycles. The second-order valence-electron chi connectivity index (χ2n) is 5.34. The van der Waals surface area contributed by atoms with E-state index in [9.17, 15) is 9.59 Å². The molecule has 2 heterocycles. The molecule has 0 amide bonds. The molecular weight excluding hydrogens is 236 g/mol. The largest absolute Gasteiger partial charge is 0.425 e. The lowest BCUT2D eigenvalue weighted by atomic mass is 9.89. The van der Waals surface area contributed by atoms with Gasteiger partial charge in [0.05, 0.1) is 12.2 Å². The number of hydrogen-bond donors (Lipinski definition) is 0. The highest BCUT2D eigenvalue weighted by Gasteiger charge is 2.47. The van der Waals surface area contributed by atoms with Gasteiger partial charge in [-0.05, 0) is 32.1 Å². The zero-order chi connectivity index (χ0) is 12.5. The van der Waals surface area contributed by atoms with Crippen molar-refractivity contribution in [2.24, 2.45) is 5.92 Å². The summed E-state index contributed by atoms with van der Waals surface area (Å²) in [5.74, 6) is -0.415. The molecule has 5 heteroatoms. The van der Waals surface area contributed by atoms with E-state index in [-0.39, 0.29) is 24.0 Å². The molecule has 5 nitrogen and oxygen atoms in total. The Kier molecular flexibility index (Phi) is 3.24. The monoisotopic (exact) mass is 254 g/mol. The number of esters is 2. The lowest BCUT2D eigenvalue weighted by Crippen LogP contribution is -2.34. The summed E-state index contributed by atoms with van der Waals surface area (Å²) < 4.78 is 16.1. The van der Waals surface area contributed by atoms with Crippen LogP contribution in [0.3, 0.4) is 0 Å². The van der Waals surface area contributed by atoms with Crippen molar-refractivity contribution in [1.82, 2.24) is 0 Å². The molecule has 1 saturated carbocycles. The van der Waals surface area contributed by atoms with Gasteiger partial charge in [0.15, 0.2) is 0 Å². The number of epoxide rings is 1. The number of fused-ring (bicyclic) bond motifs is 1. The Morgan fingerprint density at radius 2 is 1.56 bits per heavy atom. The van der Waals surface area contributed by atoms with E-state index >= 15 is 0 Å². The molecule has 100 valence electrons. The Morgan fingerprint density at radius 1 is 0.889 bits per heavy atom. The van der Waals surface area contributed by atoms with E-state index in [0.29, 0.717) is 31.8 Å². The smallest absolute Gasteiger partial charge is 0.308 e. The summed E-state index contributed by atoms with van der Waals surface area (Å²) >= 11 is 0. The van der Waals surface area contributed by atoms with Gasteiger partial charge in [-0.1, -0.05) is 0 Å². The Hall–Kier alpha value is -1.10. The van der Waals surface area contributed by atoms with Gasteiger partial charge in [-0.2, -0.15) is 0 Å². The summed E-state index contributed by atoms with van der Waals surface area (Å²) in [6.07, 6.45) is 4.82. The fourth-order valence-corrected chi connectivity index (χ4v) is 2.81. The minimum atomic E-state index is -0.701. The van der Waals surface area contributed by atoms with Gasteiger partial charge >= 0.3 is 11.9 Å². The van der Waals surface area contributed by atoms with Gasteiger partial charge in [0.1, 0.15) is 0 Å². The number of hydrogen-bond acceptors (Lipinski definition) is 5. The van der Waals surface area contributed by atoms with E-state index in [4.69, 9.17) is 14.2 Å². The molecule has 3 aliphatic rings. The predicted octanol–water partition coefficient (Wildman–Crippen LogP) is 1.54. The molecule has 1 aliphatic carbocycles. The van der Waals surface area contributed by atoms with Crippen molar-refractivity contribution in [2.45, 2.75) is 63.4 Å². The lowest BCUT2D eigenvalue weighted by Gasteiger charge is -2.27. The van der Waals surface area contributed by atoms with Crippen molar-refractivity contribution in [3.05, 3.63) is 0 Å². The van der Waals surface area contributed by atoms with Gasteiger partial charge in [-0.3, -0.25) is 9.59 Å². The molecule has 0 bridgehead atoms. The van der Waals surface area contributed by atoms with Crippen LogP contribution in [0.25, 0.3) is 0 Å². The fraction of sp³-hybridized carbons (Fsp3) is 0.846. The maximum absolute atomic E-state index is 11.6. The van der Waals surface area contributed by atoms with E-state index in [2.05, 4.69) is 0 Å². The van der Waals surface area contributed by atoms with E-state index in [1.54, 1.807) is 0 Å². The van der Waals surface area contributed by atoms with Crippen LogP contribution in [0, 0.1) is 5.92 Å². The molecular formula is C13H18O5. The third-order valence-electron chi connectivity index (χ3n) is 3.94. The standard InChI is InChI=1S/C13H18O5/c14-11-3-1-2-4-12(15)18-13(17-11)8-5-6-9-10(7-8)16-9/h8-10,13H,1-7H2. The molecule has 0 aromatic carbocycles. The minimum Gasteiger partial charge on any atom is -0.425 e. The van der Waals surface area contributed by atoms with Gasteiger partial charge in [0, 0.05) is 18.8 Å². The molecule has 3 atom stereocenters. The number of carbonyl (C=O) groups is 2. The molecule has 0 spiro atoms. The maximum Gasteiger partial charge on any atom is 0.308 e. The summed E-state index contributed by atoms with van der Waals surface area (Å²) in [4.78, 5) is 23.2. The number of carbonyl (C=O) groups excluding carboxylic acids is 2. The maximum atomic E-state index is 11.6. The zero-order valence-corrected chi connectivity index (χ0v) is 10.3. The van der Waals surface area contributed by atoms with Crippen molar-refractivity contribution >= 4 is 11.9 Å². The molecule has 3 rings (SSSR count). The average Bonchev–Trinajstić information content (AvgIpc) is 3.10. The highest BCUT2D eigenvalue weighted by Crippen LogP contribution is 2.41. The highest BCUT2D eigenvalue weighted by molar-refractivity contribution is 5.72. The SMILES string of the molecule is O=C1CCCCC(=O)OC(C2CCC3OC3C2)O1. The van der Waals surface area contributed by atoms with Gasteiger partial charge in [-0.15, -0.1) is 0 Å². The molecule has 18 heavy (non-hydrogen) atoms. The Bertz CT molecular complexity index is 333. The van der Waals surface area contributed by atoms with E-state index < -0.39 is 6.29 Å². The average molecular weight is 254 g/mol. The molecule has 0 radical (unpaired) electrons. The first-order valence-corrected chi connectivity index (χ1v) is 6.77. The molecule has 3 unspecified atom stereocenters. The lowest BCUT2D eigenvalue weighted by molar-refractivity contribution is -0.198. The first-order valence-electron chi connectivity index (χ1n) is 6.77. The second kappa shape index (κ2) is 4.88. The van der Waals surface area contributed by atoms with Crippen molar-refractivity contribution in [1.29, 1.82) is 0 Å². The normalized spacial score (nSPS) is 37.7. The summed E-state index contributed by atoms with van der Waals surface area (Å²) in [6, 6.07) is 0. The van der Waals surface area contributed by atoms with Crippen LogP contribution in [0.15, 0.2) is 0 Å². The minimum absolute atomic E-state index is 0.0970. The van der Waals surface area contributed by atoms with Gasteiger partial charge < -0.3 is 14.2 Å². The van der Waals surface area contributed by atoms with Gasteiger partial charge in [0.25, 0.3) is 0 Å². The Labute approximate surface area is 106 Å². The van der Waals surface area contributed by atoms with Crippen LogP contribution in [-0.4, -0.2) is 30.4 Å². The Morgan fingerprint density at radius 3 is 2.17 bits per heavy atom. The molecule has 2 aliphatic heterocycles. The van der Waals surface area contributed by atoms with Crippen LogP contribution < -0.4 is 0 Å². The number of cyclic esters (lactones) is 2. The van der Waals surface area contributed by atoms with Crippen LogP contribution in [0.5, 0.6) is 0 Å². The fourth-order valence-electron chi connectivity index (χ4n) is 2.81. The quantitative estimate of drug-likeness (QED) is 0.524. The van der Waals surface area contributed by atoms with Crippen molar-refractivity contribution in [3.8, 4) is 0 Å². The Balaban J connectivity index is 1.65. The van der Waals surface area contributed by atoms with E-state index in [0.717, 1.165) is 19.3 Å².